The first-order chi connectivity index (χ1) is 10.1. The first-order valence-electron chi connectivity index (χ1n) is 6.79. The Morgan fingerprint density at radius 2 is 1.90 bits per heavy atom. The van der Waals surface area contributed by atoms with Gasteiger partial charge in [-0.05, 0) is 26.6 Å². The zero-order valence-corrected chi connectivity index (χ0v) is 12.4. The first kappa shape index (κ1) is 13.5. The van der Waals surface area contributed by atoms with E-state index in [2.05, 4.69) is 65.4 Å². The molecule has 2 aromatic heterocycles. The number of nitrogen functional groups attached to an aromatic ring is 1. The van der Waals surface area contributed by atoms with Crippen LogP contribution in [0.5, 0.6) is 0 Å². The lowest BCUT2D eigenvalue weighted by atomic mass is 10.0. The zero-order chi connectivity index (χ0) is 15.0. The van der Waals surface area contributed by atoms with Crippen molar-refractivity contribution in [2.45, 2.75) is 13.0 Å². The van der Waals surface area contributed by atoms with Gasteiger partial charge in [-0.2, -0.15) is 0 Å². The molecule has 2 N–H and O–H groups in total. The van der Waals surface area contributed by atoms with Gasteiger partial charge in [-0.15, -0.1) is 10.2 Å². The fraction of sp³-hybridized carbons (Fsp3) is 0.267. The summed E-state index contributed by atoms with van der Waals surface area (Å²) >= 11 is 0. The molecule has 0 spiro atoms. The molecule has 0 unspecified atom stereocenters. The lowest BCUT2D eigenvalue weighted by Gasteiger charge is -2.20. The summed E-state index contributed by atoms with van der Waals surface area (Å²) in [7, 11) is 4.14. The molecule has 0 aliphatic heterocycles. The van der Waals surface area contributed by atoms with Crippen LogP contribution in [0.25, 0.3) is 16.9 Å². The number of nitrogens with zero attached hydrogens (tertiary/aromatic N) is 5. The monoisotopic (exact) mass is 282 g/mol. The largest absolute Gasteiger partial charge is 0.369 e. The third-order valence-corrected chi connectivity index (χ3v) is 3.79. The fourth-order valence-electron chi connectivity index (χ4n) is 2.23. The van der Waals surface area contributed by atoms with Crippen molar-refractivity contribution >= 4 is 11.6 Å². The van der Waals surface area contributed by atoms with Gasteiger partial charge in [0.2, 0.25) is 5.95 Å². The van der Waals surface area contributed by atoms with Crippen molar-refractivity contribution in [1.29, 1.82) is 0 Å². The van der Waals surface area contributed by atoms with Crippen LogP contribution in [0.4, 0.5) is 5.95 Å². The second-order valence-electron chi connectivity index (χ2n) is 5.32. The van der Waals surface area contributed by atoms with Gasteiger partial charge in [-0.1, -0.05) is 24.3 Å². The molecule has 0 bridgehead atoms. The Labute approximate surface area is 123 Å². The van der Waals surface area contributed by atoms with E-state index in [1.165, 1.54) is 5.56 Å². The number of benzene rings is 1. The van der Waals surface area contributed by atoms with Crippen molar-refractivity contribution in [2.75, 3.05) is 19.8 Å². The van der Waals surface area contributed by atoms with Gasteiger partial charge < -0.3 is 10.6 Å². The molecular weight excluding hydrogens is 264 g/mol. The second-order valence-corrected chi connectivity index (χ2v) is 5.32. The van der Waals surface area contributed by atoms with E-state index in [1.807, 2.05) is 6.07 Å². The molecule has 0 fully saturated rings. The van der Waals surface area contributed by atoms with Gasteiger partial charge in [-0.25, -0.2) is 4.98 Å². The van der Waals surface area contributed by atoms with Crippen LogP contribution >= 0.6 is 0 Å². The maximum absolute atomic E-state index is 5.92. The number of fused-ring (bicyclic) bond motifs is 1. The third kappa shape index (κ3) is 2.45. The molecule has 6 nitrogen and oxygen atoms in total. The van der Waals surface area contributed by atoms with Crippen LogP contribution in [0.2, 0.25) is 0 Å². The Hall–Kier alpha value is -2.47. The Morgan fingerprint density at radius 3 is 2.57 bits per heavy atom. The highest BCUT2D eigenvalue weighted by atomic mass is 15.3. The van der Waals surface area contributed by atoms with Gasteiger partial charge in [0.1, 0.15) is 6.33 Å². The van der Waals surface area contributed by atoms with Crippen molar-refractivity contribution in [3.05, 3.63) is 42.2 Å². The van der Waals surface area contributed by atoms with E-state index in [9.17, 15) is 0 Å². The van der Waals surface area contributed by atoms with Crippen molar-refractivity contribution in [3.8, 4) is 11.3 Å². The SMILES string of the molecule is C[C@@H](c1ccc(-c2cc3nncn3c(N)n2)cc1)N(C)C. The van der Waals surface area contributed by atoms with E-state index >= 15 is 0 Å². The van der Waals surface area contributed by atoms with Crippen molar-refractivity contribution in [1.82, 2.24) is 24.5 Å². The van der Waals surface area contributed by atoms with Crippen LogP contribution in [0.1, 0.15) is 18.5 Å². The Morgan fingerprint density at radius 1 is 1.19 bits per heavy atom. The highest BCUT2D eigenvalue weighted by molar-refractivity contribution is 5.65. The van der Waals surface area contributed by atoms with Crippen molar-refractivity contribution in [3.63, 3.8) is 0 Å². The van der Waals surface area contributed by atoms with Gasteiger partial charge in [-0.3, -0.25) is 4.40 Å². The summed E-state index contributed by atoms with van der Waals surface area (Å²) in [6, 6.07) is 10.6. The zero-order valence-electron chi connectivity index (χ0n) is 12.4. The molecule has 0 aliphatic rings. The smallest absolute Gasteiger partial charge is 0.207 e. The predicted octanol–water partition coefficient (Wildman–Crippen LogP) is 2.00. The van der Waals surface area contributed by atoms with Gasteiger partial charge in [0, 0.05) is 17.7 Å². The van der Waals surface area contributed by atoms with Crippen molar-refractivity contribution in [2.24, 2.45) is 0 Å². The first-order valence-corrected chi connectivity index (χ1v) is 6.79. The average molecular weight is 282 g/mol. The van der Waals surface area contributed by atoms with E-state index in [0.717, 1.165) is 11.3 Å². The summed E-state index contributed by atoms with van der Waals surface area (Å²) in [4.78, 5) is 6.58. The molecule has 3 aromatic rings. The average Bonchev–Trinajstić information content (AvgIpc) is 2.95. The molecule has 1 atom stereocenters. The molecule has 0 radical (unpaired) electrons. The van der Waals surface area contributed by atoms with Crippen LogP contribution in [0.15, 0.2) is 36.7 Å². The normalized spacial score (nSPS) is 13.0. The Bertz CT molecular complexity index is 759. The van der Waals surface area contributed by atoms with Crippen LogP contribution in [-0.4, -0.2) is 38.6 Å². The predicted molar refractivity (Wildman–Crippen MR) is 82.7 cm³/mol. The van der Waals surface area contributed by atoms with Gasteiger partial charge in [0.05, 0.1) is 5.69 Å². The fourth-order valence-corrected chi connectivity index (χ4v) is 2.23. The molecule has 0 amide bonds. The molecule has 0 saturated carbocycles. The molecule has 0 aliphatic carbocycles. The van der Waals surface area contributed by atoms with Crippen LogP contribution in [-0.2, 0) is 0 Å². The van der Waals surface area contributed by atoms with Gasteiger partial charge in [0.25, 0.3) is 0 Å². The van der Waals surface area contributed by atoms with Crippen LogP contribution in [0.3, 0.4) is 0 Å². The topological polar surface area (TPSA) is 72.3 Å². The maximum Gasteiger partial charge on any atom is 0.207 e. The highest BCUT2D eigenvalue weighted by Crippen LogP contribution is 2.23. The summed E-state index contributed by atoms with van der Waals surface area (Å²) in [5, 5.41) is 7.86. The molecular formula is C15H18N6. The van der Waals surface area contributed by atoms with Crippen LogP contribution in [0, 0.1) is 0 Å². The van der Waals surface area contributed by atoms with Crippen molar-refractivity contribution < 1.29 is 0 Å². The van der Waals surface area contributed by atoms with E-state index in [4.69, 9.17) is 5.73 Å². The molecule has 108 valence electrons. The minimum Gasteiger partial charge on any atom is -0.369 e. The number of nitrogens with two attached hydrogens (primary N) is 1. The number of hydrogen-bond acceptors (Lipinski definition) is 5. The van der Waals surface area contributed by atoms with E-state index in [-0.39, 0.29) is 0 Å². The molecule has 3 rings (SSSR count). The number of aromatic nitrogens is 4. The lowest BCUT2D eigenvalue weighted by Crippen LogP contribution is -2.16. The summed E-state index contributed by atoms with van der Waals surface area (Å²) in [5.74, 6) is 0.387. The van der Waals surface area contributed by atoms with Gasteiger partial charge >= 0.3 is 0 Å². The minimum absolute atomic E-state index is 0.371. The second kappa shape index (κ2) is 5.14. The minimum atomic E-state index is 0.371. The Kier molecular flexibility index (Phi) is 3.31. The maximum atomic E-state index is 5.92. The number of anilines is 1. The third-order valence-electron chi connectivity index (χ3n) is 3.79. The van der Waals surface area contributed by atoms with Gasteiger partial charge in [0.15, 0.2) is 5.65 Å². The van der Waals surface area contributed by atoms with Crippen LogP contribution < -0.4 is 5.73 Å². The Balaban J connectivity index is 1.99. The molecule has 21 heavy (non-hydrogen) atoms. The molecule has 0 saturated heterocycles. The summed E-state index contributed by atoms with van der Waals surface area (Å²) in [6.07, 6.45) is 1.56. The van der Waals surface area contributed by atoms with E-state index in [1.54, 1.807) is 10.7 Å². The highest BCUT2D eigenvalue weighted by Gasteiger charge is 2.10. The lowest BCUT2D eigenvalue weighted by molar-refractivity contribution is 0.321. The van der Waals surface area contributed by atoms with E-state index in [0.29, 0.717) is 17.6 Å². The quantitative estimate of drug-likeness (QED) is 0.795. The van der Waals surface area contributed by atoms with E-state index < -0.39 is 0 Å². The number of hydrogen-bond donors (Lipinski definition) is 1. The standard InChI is InChI=1S/C15H18N6/c1-10(20(2)3)11-4-6-12(7-5-11)13-8-14-19-17-9-21(14)15(16)18-13/h4-10H,1-3H3,(H2,16,18)/t10-/m0/s1. The summed E-state index contributed by atoms with van der Waals surface area (Å²) in [6.45, 7) is 2.17. The molecule has 2 heterocycles. The molecule has 6 heteroatoms. The summed E-state index contributed by atoms with van der Waals surface area (Å²) < 4.78 is 1.66. The summed E-state index contributed by atoms with van der Waals surface area (Å²) in [5.41, 5.74) is 9.70. The number of rotatable bonds is 3. The molecule has 1 aromatic carbocycles.